The Morgan fingerprint density at radius 1 is 1.12 bits per heavy atom. The van der Waals surface area contributed by atoms with Crippen LogP contribution in [0, 0.1) is 0 Å². The van der Waals surface area contributed by atoms with Gasteiger partial charge in [0.15, 0.2) is 11.5 Å². The summed E-state index contributed by atoms with van der Waals surface area (Å²) in [5, 5.41) is 2.96. The highest BCUT2D eigenvalue weighted by Crippen LogP contribution is 2.30. The number of hydrogen-bond donors (Lipinski definition) is 1. The first-order valence-electron chi connectivity index (χ1n) is 8.53. The van der Waals surface area contributed by atoms with Crippen LogP contribution in [-0.4, -0.2) is 32.8 Å². The Kier molecular flexibility index (Phi) is 5.77. The zero-order valence-electron chi connectivity index (χ0n) is 14.4. The first-order chi connectivity index (χ1) is 12.3. The van der Waals surface area contributed by atoms with E-state index in [0.717, 1.165) is 41.2 Å². The molecular weight excluding hydrogens is 318 g/mol. The second-order valence-electron chi connectivity index (χ2n) is 5.92. The number of hydrogen-bond acceptors (Lipinski definition) is 4. The predicted molar refractivity (Wildman–Crippen MR) is 95.5 cm³/mol. The van der Waals surface area contributed by atoms with Gasteiger partial charge in [-0.15, -0.1) is 0 Å². The van der Waals surface area contributed by atoms with Gasteiger partial charge in [-0.05, 0) is 30.2 Å². The largest absolute Gasteiger partial charge is 0.496 e. The van der Waals surface area contributed by atoms with Crippen molar-refractivity contribution < 1.29 is 19.0 Å². The van der Waals surface area contributed by atoms with Crippen LogP contribution in [0.15, 0.2) is 42.5 Å². The normalized spacial score (nSPS) is 13.0. The molecule has 0 unspecified atom stereocenters. The van der Waals surface area contributed by atoms with Crippen molar-refractivity contribution in [3.63, 3.8) is 0 Å². The van der Waals surface area contributed by atoms with E-state index in [1.54, 1.807) is 7.11 Å². The fourth-order valence-corrected chi connectivity index (χ4v) is 2.79. The molecule has 1 amide bonds. The van der Waals surface area contributed by atoms with E-state index in [2.05, 4.69) is 5.32 Å². The van der Waals surface area contributed by atoms with Crippen molar-refractivity contribution in [2.75, 3.05) is 26.9 Å². The van der Waals surface area contributed by atoms with Crippen molar-refractivity contribution in [2.45, 2.75) is 19.3 Å². The average Bonchev–Trinajstić information content (AvgIpc) is 2.87. The van der Waals surface area contributed by atoms with Crippen molar-refractivity contribution in [2.24, 2.45) is 0 Å². The zero-order chi connectivity index (χ0) is 17.5. The Hall–Kier alpha value is -2.69. The summed E-state index contributed by atoms with van der Waals surface area (Å²) in [5.74, 6) is 2.30. The summed E-state index contributed by atoms with van der Waals surface area (Å²) >= 11 is 0. The number of methoxy groups -OCH3 is 1. The lowest BCUT2D eigenvalue weighted by atomic mass is 10.1. The molecule has 2 aromatic rings. The number of ether oxygens (including phenoxy) is 3. The Morgan fingerprint density at radius 2 is 1.92 bits per heavy atom. The molecule has 1 aliphatic rings. The predicted octanol–water partition coefficient (Wildman–Crippen LogP) is 2.76. The molecule has 0 spiro atoms. The van der Waals surface area contributed by atoms with Crippen molar-refractivity contribution in [3.8, 4) is 17.2 Å². The number of benzene rings is 2. The minimum atomic E-state index is -0.0150. The van der Waals surface area contributed by atoms with E-state index in [0.29, 0.717) is 26.2 Å². The minimum absolute atomic E-state index is 0.0150. The quantitative estimate of drug-likeness (QED) is 0.878. The minimum Gasteiger partial charge on any atom is -0.496 e. The summed E-state index contributed by atoms with van der Waals surface area (Å²) in [6.45, 7) is 1.94. The van der Waals surface area contributed by atoms with Crippen molar-refractivity contribution in [1.29, 1.82) is 0 Å². The number of para-hydroxylation sites is 1. The molecule has 0 saturated carbocycles. The molecule has 0 radical (unpaired) electrons. The van der Waals surface area contributed by atoms with E-state index in [-0.39, 0.29) is 5.91 Å². The van der Waals surface area contributed by atoms with Crippen LogP contribution in [0.3, 0.4) is 0 Å². The van der Waals surface area contributed by atoms with Gasteiger partial charge in [0.05, 0.1) is 26.7 Å². The Bertz CT molecular complexity index is 729. The molecule has 25 heavy (non-hydrogen) atoms. The molecule has 2 aromatic carbocycles. The standard InChI is InChI=1S/C20H23NO4/c1-23-17-6-3-2-5-16(17)14-20(22)21-10-9-15-7-8-18-19(13-15)25-12-4-11-24-18/h2-3,5-8,13H,4,9-12,14H2,1H3,(H,21,22). The molecule has 1 heterocycles. The molecule has 0 atom stereocenters. The molecule has 1 N–H and O–H groups in total. The van der Waals surface area contributed by atoms with E-state index in [1.165, 1.54) is 0 Å². The SMILES string of the molecule is COc1ccccc1CC(=O)NCCc1ccc2c(c1)OCCCO2. The molecular formula is C20H23NO4. The number of rotatable bonds is 6. The van der Waals surface area contributed by atoms with Gasteiger partial charge in [0.25, 0.3) is 0 Å². The number of amides is 1. The van der Waals surface area contributed by atoms with Crippen LogP contribution >= 0.6 is 0 Å². The molecule has 0 fully saturated rings. The molecule has 0 saturated heterocycles. The third-order valence-corrected chi connectivity index (χ3v) is 4.09. The van der Waals surface area contributed by atoms with Crippen LogP contribution in [0.1, 0.15) is 17.5 Å². The topological polar surface area (TPSA) is 56.8 Å². The third kappa shape index (κ3) is 4.66. The van der Waals surface area contributed by atoms with E-state index in [9.17, 15) is 4.79 Å². The fraction of sp³-hybridized carbons (Fsp3) is 0.350. The van der Waals surface area contributed by atoms with Gasteiger partial charge in [-0.25, -0.2) is 0 Å². The first kappa shape index (κ1) is 17.1. The number of nitrogens with one attached hydrogen (secondary N) is 1. The smallest absolute Gasteiger partial charge is 0.224 e. The molecule has 1 aliphatic heterocycles. The summed E-state index contributed by atoms with van der Waals surface area (Å²) in [7, 11) is 1.61. The summed E-state index contributed by atoms with van der Waals surface area (Å²) in [4.78, 5) is 12.1. The highest BCUT2D eigenvalue weighted by molar-refractivity contribution is 5.79. The maximum atomic E-state index is 12.1. The number of fused-ring (bicyclic) bond motifs is 1. The van der Waals surface area contributed by atoms with Gasteiger partial charge < -0.3 is 19.5 Å². The lowest BCUT2D eigenvalue weighted by molar-refractivity contribution is -0.120. The Balaban J connectivity index is 1.51. The average molecular weight is 341 g/mol. The van der Waals surface area contributed by atoms with Gasteiger partial charge in [-0.3, -0.25) is 4.79 Å². The van der Waals surface area contributed by atoms with Crippen LogP contribution in [0.2, 0.25) is 0 Å². The molecule has 0 aliphatic carbocycles. The van der Waals surface area contributed by atoms with Gasteiger partial charge in [0.1, 0.15) is 5.75 Å². The van der Waals surface area contributed by atoms with Crippen LogP contribution in [0.25, 0.3) is 0 Å². The summed E-state index contributed by atoms with van der Waals surface area (Å²) in [6.07, 6.45) is 1.95. The van der Waals surface area contributed by atoms with E-state index in [4.69, 9.17) is 14.2 Å². The molecule has 5 nitrogen and oxygen atoms in total. The van der Waals surface area contributed by atoms with Crippen molar-refractivity contribution >= 4 is 5.91 Å². The van der Waals surface area contributed by atoms with Gasteiger partial charge in [0, 0.05) is 18.5 Å². The van der Waals surface area contributed by atoms with E-state index in [1.807, 2.05) is 42.5 Å². The Labute approximate surface area is 147 Å². The maximum absolute atomic E-state index is 12.1. The molecule has 3 rings (SSSR count). The van der Waals surface area contributed by atoms with Gasteiger partial charge in [0.2, 0.25) is 5.91 Å². The molecule has 132 valence electrons. The number of carbonyl (C=O) groups excluding carboxylic acids is 1. The fourth-order valence-electron chi connectivity index (χ4n) is 2.79. The zero-order valence-corrected chi connectivity index (χ0v) is 14.4. The third-order valence-electron chi connectivity index (χ3n) is 4.09. The summed E-state index contributed by atoms with van der Waals surface area (Å²) in [5.41, 5.74) is 2.00. The van der Waals surface area contributed by atoms with Crippen LogP contribution in [0.4, 0.5) is 0 Å². The lowest BCUT2D eigenvalue weighted by Crippen LogP contribution is -2.27. The van der Waals surface area contributed by atoms with Crippen molar-refractivity contribution in [1.82, 2.24) is 5.32 Å². The first-order valence-corrected chi connectivity index (χ1v) is 8.53. The maximum Gasteiger partial charge on any atom is 0.224 e. The van der Waals surface area contributed by atoms with Gasteiger partial charge in [-0.2, -0.15) is 0 Å². The highest BCUT2D eigenvalue weighted by Gasteiger charge is 2.11. The molecule has 0 aromatic heterocycles. The molecule has 5 heteroatoms. The van der Waals surface area contributed by atoms with Gasteiger partial charge >= 0.3 is 0 Å². The van der Waals surface area contributed by atoms with Crippen LogP contribution in [-0.2, 0) is 17.6 Å². The van der Waals surface area contributed by atoms with Crippen molar-refractivity contribution in [3.05, 3.63) is 53.6 Å². The van der Waals surface area contributed by atoms with E-state index >= 15 is 0 Å². The van der Waals surface area contributed by atoms with E-state index < -0.39 is 0 Å². The highest BCUT2D eigenvalue weighted by atomic mass is 16.5. The Morgan fingerprint density at radius 3 is 2.76 bits per heavy atom. The summed E-state index contributed by atoms with van der Waals surface area (Å²) < 4.78 is 16.6. The van der Waals surface area contributed by atoms with Crippen LogP contribution in [0.5, 0.6) is 17.2 Å². The second kappa shape index (κ2) is 8.42. The van der Waals surface area contributed by atoms with Crippen LogP contribution < -0.4 is 19.5 Å². The van der Waals surface area contributed by atoms with Gasteiger partial charge in [-0.1, -0.05) is 24.3 Å². The number of carbonyl (C=O) groups is 1. The summed E-state index contributed by atoms with van der Waals surface area (Å²) in [6, 6.07) is 13.5. The second-order valence-corrected chi connectivity index (χ2v) is 5.92. The lowest BCUT2D eigenvalue weighted by Gasteiger charge is -2.11. The monoisotopic (exact) mass is 341 g/mol. The molecule has 0 bridgehead atoms.